The molecule has 7 nitrogen and oxygen atoms in total. The summed E-state index contributed by atoms with van der Waals surface area (Å²) in [5.41, 5.74) is 1.19. The standard InChI is InChI=1S/C17H24N4O3/c1-5-10-21-12(4)6-7-13(17(21)23)16-19-15(24-20-16)9-8-14(22)18-11(2)3/h6-7,11H,5,8-10H2,1-4H3,(H,18,22). The van der Waals surface area contributed by atoms with Crippen molar-refractivity contribution >= 4 is 5.91 Å². The molecule has 0 aliphatic carbocycles. The third-order valence-electron chi connectivity index (χ3n) is 3.56. The van der Waals surface area contributed by atoms with Crippen molar-refractivity contribution in [2.75, 3.05) is 0 Å². The van der Waals surface area contributed by atoms with E-state index in [-0.39, 0.29) is 29.8 Å². The van der Waals surface area contributed by atoms with Crippen molar-refractivity contribution in [3.63, 3.8) is 0 Å². The van der Waals surface area contributed by atoms with Crippen molar-refractivity contribution in [1.29, 1.82) is 0 Å². The fraction of sp³-hybridized carbons (Fsp3) is 0.529. The Kier molecular flexibility index (Phi) is 5.89. The van der Waals surface area contributed by atoms with Crippen LogP contribution >= 0.6 is 0 Å². The maximum Gasteiger partial charge on any atom is 0.261 e. The molecule has 0 aliphatic heterocycles. The first-order valence-electron chi connectivity index (χ1n) is 8.25. The number of aromatic nitrogens is 3. The molecule has 1 N–H and O–H groups in total. The molecule has 0 saturated carbocycles. The predicted octanol–water partition coefficient (Wildman–Crippen LogP) is 2.07. The minimum atomic E-state index is -0.123. The molecule has 0 bridgehead atoms. The molecule has 2 rings (SSSR count). The second-order valence-corrected chi connectivity index (χ2v) is 6.08. The number of nitrogens with one attached hydrogen (secondary N) is 1. The summed E-state index contributed by atoms with van der Waals surface area (Å²) in [4.78, 5) is 28.5. The van der Waals surface area contributed by atoms with Crippen molar-refractivity contribution in [3.05, 3.63) is 34.1 Å². The van der Waals surface area contributed by atoms with Crippen molar-refractivity contribution < 1.29 is 9.32 Å². The molecule has 0 saturated heterocycles. The number of rotatable bonds is 7. The van der Waals surface area contributed by atoms with Gasteiger partial charge in [0.1, 0.15) is 0 Å². The zero-order valence-electron chi connectivity index (χ0n) is 14.6. The van der Waals surface area contributed by atoms with Gasteiger partial charge in [0.15, 0.2) is 0 Å². The van der Waals surface area contributed by atoms with E-state index >= 15 is 0 Å². The Morgan fingerprint density at radius 2 is 2.12 bits per heavy atom. The van der Waals surface area contributed by atoms with E-state index in [0.29, 0.717) is 24.4 Å². The molecule has 0 aliphatic rings. The number of hydrogen-bond acceptors (Lipinski definition) is 5. The number of carbonyl (C=O) groups excluding carboxylic acids is 1. The summed E-state index contributed by atoms with van der Waals surface area (Å²) in [6, 6.07) is 3.68. The fourth-order valence-corrected chi connectivity index (χ4v) is 2.42. The highest BCUT2D eigenvalue weighted by Gasteiger charge is 2.15. The third kappa shape index (κ3) is 4.31. The van der Waals surface area contributed by atoms with Crippen LogP contribution in [0.5, 0.6) is 0 Å². The molecule has 0 atom stereocenters. The van der Waals surface area contributed by atoms with E-state index in [0.717, 1.165) is 12.1 Å². The van der Waals surface area contributed by atoms with Gasteiger partial charge in [-0.3, -0.25) is 9.59 Å². The van der Waals surface area contributed by atoms with Crippen LogP contribution < -0.4 is 10.9 Å². The van der Waals surface area contributed by atoms with Crippen LogP contribution in [0.25, 0.3) is 11.4 Å². The van der Waals surface area contributed by atoms with Gasteiger partial charge in [0.05, 0.1) is 5.56 Å². The number of amides is 1. The Morgan fingerprint density at radius 3 is 2.79 bits per heavy atom. The molecule has 0 radical (unpaired) electrons. The number of nitrogens with zero attached hydrogens (tertiary/aromatic N) is 3. The SMILES string of the molecule is CCCn1c(C)ccc(-c2noc(CCC(=O)NC(C)C)n2)c1=O. The molecule has 1 amide bonds. The molecule has 24 heavy (non-hydrogen) atoms. The molecule has 0 aromatic carbocycles. The Bertz CT molecular complexity index is 761. The first kappa shape index (κ1) is 17.9. The van der Waals surface area contributed by atoms with E-state index < -0.39 is 0 Å². The summed E-state index contributed by atoms with van der Waals surface area (Å²) in [6.07, 6.45) is 1.49. The van der Waals surface area contributed by atoms with Crippen LogP contribution in [-0.4, -0.2) is 26.7 Å². The maximum atomic E-state index is 12.6. The molecule has 0 unspecified atom stereocenters. The minimum Gasteiger partial charge on any atom is -0.354 e. The Labute approximate surface area is 141 Å². The highest BCUT2D eigenvalue weighted by molar-refractivity contribution is 5.76. The van der Waals surface area contributed by atoms with E-state index in [2.05, 4.69) is 15.5 Å². The second-order valence-electron chi connectivity index (χ2n) is 6.08. The molecule has 0 fully saturated rings. The molecular weight excluding hydrogens is 308 g/mol. The molecule has 130 valence electrons. The summed E-state index contributed by atoms with van der Waals surface area (Å²) in [6.45, 7) is 8.38. The average Bonchev–Trinajstić information content (AvgIpc) is 2.97. The van der Waals surface area contributed by atoms with Gasteiger partial charge in [-0.2, -0.15) is 4.98 Å². The zero-order valence-corrected chi connectivity index (χ0v) is 14.6. The lowest BCUT2D eigenvalue weighted by molar-refractivity contribution is -0.121. The Balaban J connectivity index is 2.15. The lowest BCUT2D eigenvalue weighted by atomic mass is 10.2. The monoisotopic (exact) mass is 332 g/mol. The van der Waals surface area contributed by atoms with Crippen LogP contribution in [0.2, 0.25) is 0 Å². The van der Waals surface area contributed by atoms with E-state index in [4.69, 9.17) is 4.52 Å². The Hall–Kier alpha value is -2.44. The largest absolute Gasteiger partial charge is 0.354 e. The van der Waals surface area contributed by atoms with E-state index in [1.165, 1.54) is 0 Å². The molecule has 2 aromatic heterocycles. The molecular formula is C17H24N4O3. The summed E-state index contributed by atoms with van der Waals surface area (Å²) < 4.78 is 6.88. The summed E-state index contributed by atoms with van der Waals surface area (Å²) in [5, 5.41) is 6.69. The number of carbonyl (C=O) groups is 1. The van der Waals surface area contributed by atoms with Crippen LogP contribution in [0.15, 0.2) is 21.5 Å². The van der Waals surface area contributed by atoms with Gasteiger partial charge in [0.25, 0.3) is 5.56 Å². The van der Waals surface area contributed by atoms with Crippen molar-refractivity contribution in [3.8, 4) is 11.4 Å². The van der Waals surface area contributed by atoms with Crippen molar-refractivity contribution in [2.45, 2.75) is 59.5 Å². The number of hydrogen-bond donors (Lipinski definition) is 1. The third-order valence-corrected chi connectivity index (χ3v) is 3.56. The molecule has 7 heteroatoms. The normalized spacial score (nSPS) is 11.0. The molecule has 2 heterocycles. The summed E-state index contributed by atoms with van der Waals surface area (Å²) in [7, 11) is 0. The van der Waals surface area contributed by atoms with Gasteiger partial charge in [-0.15, -0.1) is 0 Å². The minimum absolute atomic E-state index is 0.0645. The summed E-state index contributed by atoms with van der Waals surface area (Å²) in [5.74, 6) is 0.556. The van der Waals surface area contributed by atoms with E-state index in [1.807, 2.05) is 33.8 Å². The van der Waals surface area contributed by atoms with Crippen LogP contribution in [0.4, 0.5) is 0 Å². The molecule has 0 spiro atoms. The van der Waals surface area contributed by atoms with Gasteiger partial charge in [0, 0.05) is 31.1 Å². The van der Waals surface area contributed by atoms with Gasteiger partial charge in [-0.1, -0.05) is 12.1 Å². The van der Waals surface area contributed by atoms with Crippen molar-refractivity contribution in [1.82, 2.24) is 20.0 Å². The fourth-order valence-electron chi connectivity index (χ4n) is 2.42. The van der Waals surface area contributed by atoms with Crippen molar-refractivity contribution in [2.24, 2.45) is 0 Å². The van der Waals surface area contributed by atoms with Crippen LogP contribution in [0, 0.1) is 6.92 Å². The highest BCUT2D eigenvalue weighted by atomic mass is 16.5. The van der Waals surface area contributed by atoms with Crippen LogP contribution in [-0.2, 0) is 17.8 Å². The lowest BCUT2D eigenvalue weighted by Gasteiger charge is -2.09. The lowest BCUT2D eigenvalue weighted by Crippen LogP contribution is -2.30. The van der Waals surface area contributed by atoms with Gasteiger partial charge in [-0.05, 0) is 39.3 Å². The second kappa shape index (κ2) is 7.90. The summed E-state index contributed by atoms with van der Waals surface area (Å²) >= 11 is 0. The van der Waals surface area contributed by atoms with E-state index in [9.17, 15) is 9.59 Å². The van der Waals surface area contributed by atoms with Gasteiger partial charge < -0.3 is 14.4 Å². The number of pyridine rings is 1. The predicted molar refractivity (Wildman–Crippen MR) is 90.6 cm³/mol. The maximum absolute atomic E-state index is 12.6. The van der Waals surface area contributed by atoms with E-state index in [1.54, 1.807) is 10.6 Å². The average molecular weight is 332 g/mol. The zero-order chi connectivity index (χ0) is 17.7. The van der Waals surface area contributed by atoms with Gasteiger partial charge >= 0.3 is 0 Å². The smallest absolute Gasteiger partial charge is 0.261 e. The first-order chi connectivity index (χ1) is 11.4. The highest BCUT2D eigenvalue weighted by Crippen LogP contribution is 2.13. The Morgan fingerprint density at radius 1 is 1.38 bits per heavy atom. The topological polar surface area (TPSA) is 90.0 Å². The van der Waals surface area contributed by atoms with Gasteiger partial charge in [0.2, 0.25) is 17.6 Å². The first-order valence-corrected chi connectivity index (χ1v) is 8.25. The quantitative estimate of drug-likeness (QED) is 0.838. The molecule has 2 aromatic rings. The number of aryl methyl sites for hydroxylation is 2. The van der Waals surface area contributed by atoms with Crippen LogP contribution in [0.3, 0.4) is 0 Å². The van der Waals surface area contributed by atoms with Gasteiger partial charge in [-0.25, -0.2) is 0 Å². The van der Waals surface area contributed by atoms with Crippen LogP contribution in [0.1, 0.15) is 45.2 Å².